The van der Waals surface area contributed by atoms with Gasteiger partial charge >= 0.3 is 0 Å². The summed E-state index contributed by atoms with van der Waals surface area (Å²) in [6, 6.07) is 4.84. The summed E-state index contributed by atoms with van der Waals surface area (Å²) in [7, 11) is 0. The smallest absolute Gasteiger partial charge is 0.146 e. The second-order valence-corrected chi connectivity index (χ2v) is 5.20. The Bertz CT molecular complexity index is 420. The zero-order valence-electron chi connectivity index (χ0n) is 10.9. The van der Waals surface area contributed by atoms with Gasteiger partial charge in [-0.05, 0) is 31.9 Å². The molecule has 1 aliphatic heterocycles. The van der Waals surface area contributed by atoms with E-state index in [1.807, 2.05) is 17.9 Å². The summed E-state index contributed by atoms with van der Waals surface area (Å²) in [5.41, 5.74) is 7.34. The molecule has 4 heteroatoms. The predicted molar refractivity (Wildman–Crippen MR) is 71.0 cm³/mol. The van der Waals surface area contributed by atoms with E-state index in [1.165, 1.54) is 6.07 Å². The van der Waals surface area contributed by atoms with Crippen LogP contribution in [0.2, 0.25) is 0 Å². The molecule has 3 unspecified atom stereocenters. The molecule has 0 aromatic heterocycles. The highest BCUT2D eigenvalue weighted by Gasteiger charge is 2.29. The van der Waals surface area contributed by atoms with Gasteiger partial charge in [0.15, 0.2) is 0 Å². The average molecular weight is 252 g/mol. The van der Waals surface area contributed by atoms with Crippen molar-refractivity contribution in [1.29, 1.82) is 0 Å². The fourth-order valence-electron chi connectivity index (χ4n) is 2.62. The van der Waals surface area contributed by atoms with Gasteiger partial charge in [0, 0.05) is 25.0 Å². The molecule has 0 amide bonds. The minimum atomic E-state index is -0.347. The Hall–Kier alpha value is -1.13. The van der Waals surface area contributed by atoms with Crippen molar-refractivity contribution < 1.29 is 9.50 Å². The quantitative estimate of drug-likeness (QED) is 0.865. The molecule has 0 radical (unpaired) electrons. The van der Waals surface area contributed by atoms with E-state index in [0.29, 0.717) is 12.2 Å². The summed E-state index contributed by atoms with van der Waals surface area (Å²) in [5.74, 6) is -0.0124. The molecule has 1 aromatic carbocycles. The van der Waals surface area contributed by atoms with Crippen molar-refractivity contribution in [1.82, 2.24) is 0 Å². The molecule has 3 nitrogen and oxygen atoms in total. The van der Waals surface area contributed by atoms with Crippen LogP contribution in [-0.4, -0.2) is 24.3 Å². The number of hydrogen-bond donors (Lipinski definition) is 2. The zero-order chi connectivity index (χ0) is 13.3. The van der Waals surface area contributed by atoms with E-state index in [1.54, 1.807) is 13.0 Å². The van der Waals surface area contributed by atoms with Crippen LogP contribution in [-0.2, 0) is 0 Å². The monoisotopic (exact) mass is 252 g/mol. The molecular weight excluding hydrogens is 231 g/mol. The first-order valence-electron chi connectivity index (χ1n) is 6.47. The summed E-state index contributed by atoms with van der Waals surface area (Å²) in [6.45, 7) is 5.12. The lowest BCUT2D eigenvalue weighted by molar-refractivity contribution is 0.136. The fraction of sp³-hybridized carbons (Fsp3) is 0.571. The van der Waals surface area contributed by atoms with Crippen LogP contribution in [0.1, 0.15) is 31.9 Å². The van der Waals surface area contributed by atoms with E-state index >= 15 is 0 Å². The molecule has 18 heavy (non-hydrogen) atoms. The summed E-state index contributed by atoms with van der Waals surface area (Å²) >= 11 is 0. The molecule has 0 aliphatic carbocycles. The minimum absolute atomic E-state index is 0.193. The molecule has 1 aromatic rings. The number of hydrogen-bond acceptors (Lipinski definition) is 3. The van der Waals surface area contributed by atoms with Gasteiger partial charge in [-0.2, -0.15) is 0 Å². The van der Waals surface area contributed by atoms with Crippen molar-refractivity contribution in [2.75, 3.05) is 18.0 Å². The van der Waals surface area contributed by atoms with Gasteiger partial charge in [-0.25, -0.2) is 4.39 Å². The van der Waals surface area contributed by atoms with Crippen molar-refractivity contribution in [2.24, 2.45) is 11.7 Å². The third kappa shape index (κ3) is 2.49. The third-order valence-electron chi connectivity index (χ3n) is 3.73. The van der Waals surface area contributed by atoms with Crippen LogP contribution in [0.5, 0.6) is 0 Å². The highest BCUT2D eigenvalue weighted by atomic mass is 19.1. The van der Waals surface area contributed by atoms with E-state index < -0.39 is 0 Å². The first-order chi connectivity index (χ1) is 8.50. The number of halogens is 1. The second-order valence-electron chi connectivity index (χ2n) is 5.20. The van der Waals surface area contributed by atoms with Gasteiger partial charge in [0.2, 0.25) is 0 Å². The van der Waals surface area contributed by atoms with Gasteiger partial charge in [-0.15, -0.1) is 0 Å². The number of aliphatic hydroxyl groups is 1. The number of benzene rings is 1. The Morgan fingerprint density at radius 2 is 2.17 bits per heavy atom. The van der Waals surface area contributed by atoms with Gasteiger partial charge in [-0.3, -0.25) is 0 Å². The number of anilines is 1. The van der Waals surface area contributed by atoms with Crippen LogP contribution in [0.3, 0.4) is 0 Å². The lowest BCUT2D eigenvalue weighted by atomic mass is 10.0. The molecule has 1 heterocycles. The molecule has 0 bridgehead atoms. The van der Waals surface area contributed by atoms with Gasteiger partial charge in [0.05, 0.1) is 11.8 Å². The van der Waals surface area contributed by atoms with Gasteiger partial charge in [0.1, 0.15) is 5.82 Å². The first kappa shape index (κ1) is 13.3. The van der Waals surface area contributed by atoms with Crippen LogP contribution in [0, 0.1) is 11.7 Å². The normalized spacial score (nSPS) is 23.2. The molecule has 3 atom stereocenters. The maximum atomic E-state index is 14.0. The maximum Gasteiger partial charge on any atom is 0.146 e. The number of nitrogens with two attached hydrogens (primary N) is 1. The van der Waals surface area contributed by atoms with E-state index in [2.05, 4.69) is 0 Å². The maximum absolute atomic E-state index is 14.0. The van der Waals surface area contributed by atoms with E-state index in [9.17, 15) is 9.50 Å². The summed E-state index contributed by atoms with van der Waals surface area (Å²) in [5, 5.41) is 9.62. The van der Waals surface area contributed by atoms with Gasteiger partial charge in [-0.1, -0.05) is 12.1 Å². The Labute approximate surface area is 107 Å². The molecular formula is C14H21FN2O. The summed E-state index contributed by atoms with van der Waals surface area (Å²) in [6.07, 6.45) is 0.547. The standard InChI is InChI=1S/C14H21FN2O/c1-9(16)12-4-3-5-13(15)14(12)17-7-6-11(8-17)10(2)18/h3-5,9-11,18H,6-8,16H2,1-2H3. The Kier molecular flexibility index (Phi) is 3.88. The Balaban J connectivity index is 2.29. The predicted octanol–water partition coefficient (Wildman–Crippen LogP) is 2.05. The highest BCUT2D eigenvalue weighted by Crippen LogP contribution is 2.33. The molecule has 0 saturated carbocycles. The summed E-state index contributed by atoms with van der Waals surface area (Å²) < 4.78 is 14.0. The van der Waals surface area contributed by atoms with E-state index in [4.69, 9.17) is 5.73 Å². The fourth-order valence-corrected chi connectivity index (χ4v) is 2.62. The molecule has 0 spiro atoms. The average Bonchev–Trinajstić information content (AvgIpc) is 2.77. The molecule has 1 fully saturated rings. The zero-order valence-corrected chi connectivity index (χ0v) is 10.9. The third-order valence-corrected chi connectivity index (χ3v) is 3.73. The molecule has 100 valence electrons. The SMILES string of the molecule is CC(N)c1cccc(F)c1N1CCC(C(C)O)C1. The van der Waals surface area contributed by atoms with Crippen LogP contribution in [0.25, 0.3) is 0 Å². The lowest BCUT2D eigenvalue weighted by Crippen LogP contribution is -2.26. The number of nitrogens with zero attached hydrogens (tertiary/aromatic N) is 1. The van der Waals surface area contributed by atoms with E-state index in [0.717, 1.165) is 18.5 Å². The molecule has 1 saturated heterocycles. The van der Waals surface area contributed by atoms with Gasteiger partial charge in [0.25, 0.3) is 0 Å². The van der Waals surface area contributed by atoms with Crippen molar-refractivity contribution >= 4 is 5.69 Å². The van der Waals surface area contributed by atoms with Crippen molar-refractivity contribution in [2.45, 2.75) is 32.4 Å². The second kappa shape index (κ2) is 5.24. The lowest BCUT2D eigenvalue weighted by Gasteiger charge is -2.24. The highest BCUT2D eigenvalue weighted by molar-refractivity contribution is 5.56. The van der Waals surface area contributed by atoms with E-state index in [-0.39, 0.29) is 23.9 Å². The van der Waals surface area contributed by atoms with Crippen molar-refractivity contribution in [3.05, 3.63) is 29.6 Å². The molecule has 2 rings (SSSR count). The largest absolute Gasteiger partial charge is 0.393 e. The minimum Gasteiger partial charge on any atom is -0.393 e. The number of para-hydroxylation sites is 1. The molecule has 1 aliphatic rings. The van der Waals surface area contributed by atoms with Gasteiger partial charge < -0.3 is 15.7 Å². The van der Waals surface area contributed by atoms with Crippen molar-refractivity contribution in [3.63, 3.8) is 0 Å². The number of rotatable bonds is 3. The summed E-state index contributed by atoms with van der Waals surface area (Å²) in [4.78, 5) is 2.01. The van der Waals surface area contributed by atoms with Crippen LogP contribution in [0.15, 0.2) is 18.2 Å². The molecule has 3 N–H and O–H groups in total. The van der Waals surface area contributed by atoms with Crippen LogP contribution < -0.4 is 10.6 Å². The van der Waals surface area contributed by atoms with Crippen LogP contribution in [0.4, 0.5) is 10.1 Å². The van der Waals surface area contributed by atoms with Crippen LogP contribution >= 0.6 is 0 Å². The topological polar surface area (TPSA) is 49.5 Å². The Morgan fingerprint density at radius 3 is 2.72 bits per heavy atom. The number of aliphatic hydroxyl groups excluding tert-OH is 1. The first-order valence-corrected chi connectivity index (χ1v) is 6.47. The Morgan fingerprint density at radius 1 is 1.44 bits per heavy atom. The van der Waals surface area contributed by atoms with Crippen molar-refractivity contribution in [3.8, 4) is 0 Å².